The number of aromatic amines is 2. The van der Waals surface area contributed by atoms with Crippen LogP contribution in [0, 0.1) is 35.5 Å². The number of H-pyrrole nitrogens is 2. The Hall–Kier alpha value is -5.88. The third kappa shape index (κ3) is 7.25. The number of amides is 4. The van der Waals surface area contributed by atoms with Crippen molar-refractivity contribution in [3.63, 3.8) is 0 Å². The summed E-state index contributed by atoms with van der Waals surface area (Å²) in [6.07, 6.45) is 6.70. The quantitative estimate of drug-likeness (QED) is 0.143. The first-order valence-corrected chi connectivity index (χ1v) is 20.3. The zero-order chi connectivity index (χ0) is 40.2. The SMILES string of the molecule is COC(=O)NC(C(=O)N1[C@@H]2C[C@@H]2C[C@H]1c1ncc(C#Cc2ccc3cc(-c4cnc([C@@H]5C[C@H]6C[C@H]6N5C(=O)C(NC(=O)O)[C@@H]5CCCOC5)[nH]4)ccc3c2)[nH]1)C(C)C. The molecule has 9 atom stereocenters. The van der Waals surface area contributed by atoms with E-state index in [1.807, 2.05) is 47.9 Å². The minimum atomic E-state index is -1.21. The van der Waals surface area contributed by atoms with Gasteiger partial charge in [0, 0.05) is 35.7 Å². The van der Waals surface area contributed by atoms with Gasteiger partial charge in [-0.1, -0.05) is 38.0 Å². The van der Waals surface area contributed by atoms with Gasteiger partial charge in [-0.2, -0.15) is 0 Å². The first kappa shape index (κ1) is 37.7. The van der Waals surface area contributed by atoms with E-state index in [1.54, 1.807) is 12.4 Å². The number of aromatic nitrogens is 4. The van der Waals surface area contributed by atoms with Crippen LogP contribution in [0.25, 0.3) is 22.0 Å². The van der Waals surface area contributed by atoms with Crippen molar-refractivity contribution in [3.05, 3.63) is 71.7 Å². The molecule has 2 aromatic carbocycles. The highest BCUT2D eigenvalue weighted by molar-refractivity contribution is 5.89. The average molecular weight is 789 g/mol. The second kappa shape index (κ2) is 15.1. The minimum Gasteiger partial charge on any atom is -0.465 e. The second-order valence-electron chi connectivity index (χ2n) is 16.8. The zero-order valence-corrected chi connectivity index (χ0v) is 32.7. The van der Waals surface area contributed by atoms with Crippen molar-refractivity contribution in [1.82, 2.24) is 40.4 Å². The Labute approximate surface area is 335 Å². The molecule has 4 aromatic rings. The second-order valence-corrected chi connectivity index (χ2v) is 16.8. The molecule has 15 nitrogen and oxygen atoms in total. The van der Waals surface area contributed by atoms with Crippen LogP contribution < -0.4 is 10.6 Å². The van der Waals surface area contributed by atoms with Gasteiger partial charge in [0.15, 0.2) is 0 Å². The lowest BCUT2D eigenvalue weighted by atomic mass is 9.92. The van der Waals surface area contributed by atoms with Gasteiger partial charge in [-0.3, -0.25) is 9.59 Å². The summed E-state index contributed by atoms with van der Waals surface area (Å²) in [4.78, 5) is 71.5. The third-order valence-corrected chi connectivity index (χ3v) is 12.6. The molecule has 4 amide bonds. The Kier molecular flexibility index (Phi) is 9.83. The highest BCUT2D eigenvalue weighted by atomic mass is 16.5. The maximum Gasteiger partial charge on any atom is 0.407 e. The van der Waals surface area contributed by atoms with E-state index in [4.69, 9.17) is 14.5 Å². The molecule has 5 fully saturated rings. The summed E-state index contributed by atoms with van der Waals surface area (Å²) in [5.41, 5.74) is 3.29. The number of rotatable bonds is 9. The highest BCUT2D eigenvalue weighted by Gasteiger charge is 2.57. The molecule has 302 valence electrons. The molecule has 2 unspecified atom stereocenters. The van der Waals surface area contributed by atoms with Crippen molar-refractivity contribution >= 4 is 34.8 Å². The number of fused-ring (bicyclic) bond motifs is 3. The molecule has 5 heterocycles. The summed E-state index contributed by atoms with van der Waals surface area (Å²) in [6, 6.07) is 10.5. The Morgan fingerprint density at radius 1 is 0.879 bits per heavy atom. The number of carbonyl (C=O) groups is 4. The first-order valence-electron chi connectivity index (χ1n) is 20.3. The van der Waals surface area contributed by atoms with E-state index in [0.29, 0.717) is 42.4 Å². The molecule has 5 aliphatic rings. The van der Waals surface area contributed by atoms with Crippen molar-refractivity contribution in [3.8, 4) is 23.1 Å². The molecule has 3 saturated heterocycles. The predicted molar refractivity (Wildman–Crippen MR) is 211 cm³/mol. The number of alkyl carbamates (subject to hydrolysis) is 1. The van der Waals surface area contributed by atoms with Crippen molar-refractivity contribution < 1.29 is 33.8 Å². The smallest absolute Gasteiger partial charge is 0.407 e. The first-order chi connectivity index (χ1) is 28.1. The summed E-state index contributed by atoms with van der Waals surface area (Å²) >= 11 is 0. The molecule has 0 bridgehead atoms. The van der Waals surface area contributed by atoms with E-state index in [1.165, 1.54) is 7.11 Å². The molecule has 9 rings (SSSR count). The van der Waals surface area contributed by atoms with E-state index in [-0.39, 0.29) is 47.8 Å². The van der Waals surface area contributed by atoms with Crippen LogP contribution in [0.2, 0.25) is 0 Å². The maximum absolute atomic E-state index is 14.0. The van der Waals surface area contributed by atoms with Crippen LogP contribution in [0.5, 0.6) is 0 Å². The van der Waals surface area contributed by atoms with Crippen LogP contribution in [0.3, 0.4) is 0 Å². The number of nitrogens with one attached hydrogen (secondary N) is 4. The lowest BCUT2D eigenvalue weighted by molar-refractivity contribution is -0.138. The number of nitrogens with zero attached hydrogens (tertiary/aromatic N) is 4. The molecular weight excluding hydrogens is 741 g/mol. The van der Waals surface area contributed by atoms with Gasteiger partial charge in [0.25, 0.3) is 0 Å². The molecule has 0 spiro atoms. The number of methoxy groups -OCH3 is 1. The van der Waals surface area contributed by atoms with Gasteiger partial charge in [-0.05, 0) is 91.2 Å². The van der Waals surface area contributed by atoms with Gasteiger partial charge in [0.1, 0.15) is 29.4 Å². The van der Waals surface area contributed by atoms with Gasteiger partial charge in [-0.25, -0.2) is 19.6 Å². The topological polar surface area (TPSA) is 195 Å². The molecule has 58 heavy (non-hydrogen) atoms. The standard InChI is InChI=1S/C43H48N8O7/c1-22(2)36(49-43(56)57-3)40(52)50-32-15-28(32)17-34(50)38-44-19-30(46-38)11-7-23-6-8-25-14-26(10-9-24(25)13-23)31-20-45-39(47-31)35-18-29-16-33(29)51(35)41(53)37(48-42(54)55)27-5-4-12-58-21-27/h6,8-10,13-14,19-20,22,27-29,32-37,48H,4-5,12,15-18,21H2,1-3H3,(H,44,46)(H,45,47)(H,49,56)(H,54,55)/t27-,28-,29-,32-,33-,34+,35+,36?,37?/m1/s1. The van der Waals surface area contributed by atoms with Gasteiger partial charge < -0.3 is 45.0 Å². The summed E-state index contributed by atoms with van der Waals surface area (Å²) in [5, 5.41) is 16.9. The number of likely N-dealkylation sites (tertiary alicyclic amines) is 2. The Morgan fingerprint density at radius 3 is 2.26 bits per heavy atom. The van der Waals surface area contributed by atoms with Crippen molar-refractivity contribution in [2.75, 3.05) is 20.3 Å². The van der Waals surface area contributed by atoms with Crippen molar-refractivity contribution in [1.29, 1.82) is 0 Å². The fraction of sp³-hybridized carbons (Fsp3) is 0.488. The minimum absolute atomic E-state index is 0.0987. The van der Waals surface area contributed by atoms with E-state index < -0.39 is 24.3 Å². The van der Waals surface area contributed by atoms with Crippen LogP contribution in [0.4, 0.5) is 9.59 Å². The molecule has 2 saturated carbocycles. The molecule has 0 radical (unpaired) electrons. The van der Waals surface area contributed by atoms with Gasteiger partial charge in [0.2, 0.25) is 11.8 Å². The van der Waals surface area contributed by atoms with E-state index >= 15 is 0 Å². The Morgan fingerprint density at radius 2 is 1.57 bits per heavy atom. The maximum atomic E-state index is 14.0. The van der Waals surface area contributed by atoms with Crippen LogP contribution >= 0.6 is 0 Å². The van der Waals surface area contributed by atoms with Gasteiger partial charge in [-0.15, -0.1) is 0 Å². The van der Waals surface area contributed by atoms with Crippen LogP contribution in [0.1, 0.15) is 87.4 Å². The molecule has 3 aliphatic heterocycles. The van der Waals surface area contributed by atoms with Crippen molar-refractivity contribution in [2.45, 2.75) is 88.6 Å². The highest BCUT2D eigenvalue weighted by Crippen LogP contribution is 2.54. The number of hydrogen-bond donors (Lipinski definition) is 5. The number of imidazole rings is 2. The lowest BCUT2D eigenvalue weighted by Crippen LogP contribution is -2.54. The van der Waals surface area contributed by atoms with Gasteiger partial charge in [0.05, 0.1) is 43.9 Å². The normalized spacial score (nSPS) is 26.6. The van der Waals surface area contributed by atoms with E-state index in [0.717, 1.165) is 66.1 Å². The number of benzene rings is 2. The molecule has 15 heteroatoms. The largest absolute Gasteiger partial charge is 0.465 e. The number of piperidine rings is 2. The Balaban J connectivity index is 0.881. The third-order valence-electron chi connectivity index (χ3n) is 12.6. The summed E-state index contributed by atoms with van der Waals surface area (Å²) < 4.78 is 10.4. The fourth-order valence-electron chi connectivity index (χ4n) is 9.45. The number of carboxylic acid groups (broad SMARTS) is 1. The van der Waals surface area contributed by atoms with E-state index in [2.05, 4.69) is 49.6 Å². The zero-order valence-electron chi connectivity index (χ0n) is 32.7. The average Bonchev–Trinajstić information content (AvgIpc) is 3.82. The monoisotopic (exact) mass is 788 g/mol. The summed E-state index contributed by atoms with van der Waals surface area (Å²) in [7, 11) is 1.29. The number of hydrogen-bond acceptors (Lipinski definition) is 8. The number of carbonyl (C=O) groups excluding carboxylic acids is 3. The van der Waals surface area contributed by atoms with Crippen LogP contribution in [0.15, 0.2) is 48.8 Å². The van der Waals surface area contributed by atoms with Crippen LogP contribution in [-0.2, 0) is 19.1 Å². The molecule has 2 aliphatic carbocycles. The molecule has 5 N–H and O–H groups in total. The van der Waals surface area contributed by atoms with Crippen LogP contribution in [-0.4, -0.2) is 103 Å². The lowest BCUT2D eigenvalue weighted by Gasteiger charge is -2.35. The fourth-order valence-corrected chi connectivity index (χ4v) is 9.45. The summed E-state index contributed by atoms with van der Waals surface area (Å²) in [6.45, 7) is 4.80. The van der Waals surface area contributed by atoms with E-state index in [9.17, 15) is 24.3 Å². The number of ether oxygens (including phenoxy) is 2. The molecular formula is C43H48N8O7. The predicted octanol–water partition coefficient (Wildman–Crippen LogP) is 5.12. The molecule has 2 aromatic heterocycles. The van der Waals surface area contributed by atoms with Gasteiger partial charge >= 0.3 is 12.2 Å². The van der Waals surface area contributed by atoms with Crippen molar-refractivity contribution in [2.24, 2.45) is 23.7 Å². The Bertz CT molecular complexity index is 2320. The summed E-state index contributed by atoms with van der Waals surface area (Å²) in [5.74, 6) is 8.04.